The first-order valence-corrected chi connectivity index (χ1v) is 10.1. The molecule has 0 spiro atoms. The zero-order valence-electron chi connectivity index (χ0n) is 17.3. The van der Waals surface area contributed by atoms with Crippen molar-refractivity contribution < 1.29 is 41.4 Å². The van der Waals surface area contributed by atoms with Crippen LogP contribution >= 0.6 is 11.6 Å². The van der Waals surface area contributed by atoms with Gasteiger partial charge in [-0.15, -0.1) is 0 Å². The Kier molecular flexibility index (Phi) is 5.80. The molecule has 0 radical (unpaired) electrons. The summed E-state index contributed by atoms with van der Waals surface area (Å²) in [5.74, 6) is -3.24. The summed E-state index contributed by atoms with van der Waals surface area (Å²) in [5, 5.41) is -0.474. The number of nitrogens with zero attached hydrogens (tertiary/aromatic N) is 2. The minimum absolute atomic E-state index is 0.0142. The monoisotopic (exact) mass is 506 g/mol. The number of halogens is 5. The number of carbonyl (C=O) groups excluding carboxylic acids is 2. The average molecular weight is 507 g/mol. The summed E-state index contributed by atoms with van der Waals surface area (Å²) in [4.78, 5) is 49.8. The minimum Gasteiger partial charge on any atom is -0.460 e. The highest BCUT2D eigenvalue weighted by atomic mass is 35.5. The van der Waals surface area contributed by atoms with Crippen LogP contribution < -0.4 is 11.2 Å². The maximum atomic E-state index is 14.6. The molecule has 1 aromatic heterocycles. The van der Waals surface area contributed by atoms with Crippen molar-refractivity contribution in [2.45, 2.75) is 30.7 Å². The Morgan fingerprint density at radius 3 is 2.44 bits per heavy atom. The van der Waals surface area contributed by atoms with Gasteiger partial charge in [-0.2, -0.15) is 13.2 Å². The molecule has 0 unspecified atom stereocenters. The van der Waals surface area contributed by atoms with Gasteiger partial charge in [0, 0.05) is 26.0 Å². The molecule has 1 aromatic carbocycles. The molecule has 182 valence electrons. The molecule has 0 N–H and O–H groups in total. The highest BCUT2D eigenvalue weighted by Gasteiger charge is 2.56. The van der Waals surface area contributed by atoms with Crippen molar-refractivity contribution >= 4 is 23.5 Å². The second-order valence-electron chi connectivity index (χ2n) is 7.76. The van der Waals surface area contributed by atoms with Gasteiger partial charge in [0.15, 0.2) is 0 Å². The van der Waals surface area contributed by atoms with E-state index in [-0.39, 0.29) is 40.8 Å². The number of hydrogen-bond acceptors (Lipinski definition) is 7. The molecular weight excluding hydrogens is 492 g/mol. The van der Waals surface area contributed by atoms with Gasteiger partial charge in [-0.3, -0.25) is 9.36 Å². The Labute approximate surface area is 192 Å². The largest absolute Gasteiger partial charge is 0.460 e. The normalized spacial score (nSPS) is 18.4. The molecule has 1 atom stereocenters. The number of ether oxygens (including phenoxy) is 3. The van der Waals surface area contributed by atoms with Crippen LogP contribution in [0.4, 0.5) is 17.6 Å². The Bertz CT molecular complexity index is 1310. The quantitative estimate of drug-likeness (QED) is 0.335. The second-order valence-corrected chi connectivity index (χ2v) is 8.17. The van der Waals surface area contributed by atoms with Gasteiger partial charge in [-0.25, -0.2) is 23.3 Å². The molecule has 1 saturated carbocycles. The second kappa shape index (κ2) is 8.24. The molecular formula is C20H15ClF4N2O7. The lowest BCUT2D eigenvalue weighted by molar-refractivity contribution is -0.157. The van der Waals surface area contributed by atoms with Crippen LogP contribution in [-0.2, 0) is 32.2 Å². The Balaban J connectivity index is 1.68. The summed E-state index contributed by atoms with van der Waals surface area (Å²) >= 11 is 5.93. The van der Waals surface area contributed by atoms with Crippen LogP contribution in [0.15, 0.2) is 27.8 Å². The van der Waals surface area contributed by atoms with Crippen molar-refractivity contribution in [1.29, 1.82) is 0 Å². The third-order valence-corrected chi connectivity index (χ3v) is 5.59. The van der Waals surface area contributed by atoms with Crippen LogP contribution in [0.1, 0.15) is 28.9 Å². The number of carbonyl (C=O) groups is 2. The number of aromatic nitrogens is 2. The Hall–Kier alpha value is -3.19. The molecule has 1 aliphatic carbocycles. The number of epoxide rings is 1. The maximum absolute atomic E-state index is 14.6. The van der Waals surface area contributed by atoms with E-state index in [0.29, 0.717) is 18.7 Å². The summed E-state index contributed by atoms with van der Waals surface area (Å²) in [6.07, 6.45) is -4.91. The average Bonchev–Trinajstić information content (AvgIpc) is 3.65. The molecule has 2 heterocycles. The highest BCUT2D eigenvalue weighted by molar-refractivity contribution is 6.33. The van der Waals surface area contributed by atoms with Crippen LogP contribution in [0.25, 0.3) is 5.69 Å². The third kappa shape index (κ3) is 4.44. The SMILES string of the molecule is Cn1c(C(F)(F)F)cc(=O)n(-c2cc(C(=O)OC3(C(=O)OC[C@@H]4CO4)CC3)c(Cl)cc2F)c1=O. The molecule has 1 saturated heterocycles. The fourth-order valence-corrected chi connectivity index (χ4v) is 3.37. The van der Waals surface area contributed by atoms with E-state index in [4.69, 9.17) is 25.8 Å². The summed E-state index contributed by atoms with van der Waals surface area (Å²) in [6, 6.07) is 1.40. The summed E-state index contributed by atoms with van der Waals surface area (Å²) in [5.41, 5.74) is -7.44. The van der Waals surface area contributed by atoms with E-state index in [1.807, 2.05) is 0 Å². The summed E-state index contributed by atoms with van der Waals surface area (Å²) in [7, 11) is 0.749. The summed E-state index contributed by atoms with van der Waals surface area (Å²) < 4.78 is 69.3. The first-order valence-electron chi connectivity index (χ1n) is 9.76. The first-order chi connectivity index (χ1) is 15.8. The number of benzene rings is 1. The van der Waals surface area contributed by atoms with Crippen molar-refractivity contribution in [1.82, 2.24) is 9.13 Å². The fourth-order valence-electron chi connectivity index (χ4n) is 3.14. The zero-order valence-corrected chi connectivity index (χ0v) is 18.0. The van der Waals surface area contributed by atoms with Gasteiger partial charge in [-0.05, 0) is 12.1 Å². The zero-order chi connectivity index (χ0) is 25.0. The van der Waals surface area contributed by atoms with Crippen LogP contribution in [-0.4, -0.2) is 46.0 Å². The van der Waals surface area contributed by atoms with Crippen molar-refractivity contribution in [2.75, 3.05) is 13.2 Å². The number of hydrogen-bond donors (Lipinski definition) is 0. The van der Waals surface area contributed by atoms with Gasteiger partial charge < -0.3 is 14.2 Å². The van der Waals surface area contributed by atoms with E-state index in [0.717, 1.165) is 7.05 Å². The number of esters is 2. The van der Waals surface area contributed by atoms with Crippen LogP contribution in [0.5, 0.6) is 0 Å². The van der Waals surface area contributed by atoms with Gasteiger partial charge in [0.05, 0.1) is 22.9 Å². The van der Waals surface area contributed by atoms with Gasteiger partial charge in [0.1, 0.15) is 24.2 Å². The van der Waals surface area contributed by atoms with Crippen molar-refractivity contribution in [3.8, 4) is 5.69 Å². The smallest absolute Gasteiger partial charge is 0.431 e. The van der Waals surface area contributed by atoms with Gasteiger partial charge >= 0.3 is 23.8 Å². The standard InChI is InChI=1S/C20H15ClF4N2O7/c1-26-14(20(23,24)25)6-15(28)27(18(26)31)13-4-10(11(21)5-12(13)22)16(29)34-19(2-3-19)17(30)33-8-9-7-32-9/h4-6,9H,2-3,7-8H2,1H3/t9-/m0/s1. The minimum atomic E-state index is -5.02. The van der Waals surface area contributed by atoms with Gasteiger partial charge in [-0.1, -0.05) is 11.6 Å². The highest BCUT2D eigenvalue weighted by Crippen LogP contribution is 2.42. The summed E-state index contributed by atoms with van der Waals surface area (Å²) in [6.45, 7) is 0.427. The van der Waals surface area contributed by atoms with Gasteiger partial charge in [0.2, 0.25) is 5.60 Å². The van der Waals surface area contributed by atoms with E-state index < -0.39 is 62.7 Å². The van der Waals surface area contributed by atoms with E-state index in [1.165, 1.54) is 0 Å². The first kappa shape index (κ1) is 24.0. The van der Waals surface area contributed by atoms with Crippen LogP contribution in [0, 0.1) is 5.82 Å². The molecule has 2 fully saturated rings. The molecule has 1 aliphatic heterocycles. The molecule has 2 aromatic rings. The Morgan fingerprint density at radius 2 is 1.88 bits per heavy atom. The predicted octanol–water partition coefficient (Wildman–Crippen LogP) is 1.98. The third-order valence-electron chi connectivity index (χ3n) is 5.27. The van der Waals surface area contributed by atoms with Crippen molar-refractivity contribution in [3.05, 3.63) is 61.1 Å². The molecule has 0 bridgehead atoms. The van der Waals surface area contributed by atoms with Crippen molar-refractivity contribution in [3.63, 3.8) is 0 Å². The molecule has 34 heavy (non-hydrogen) atoms. The molecule has 9 nitrogen and oxygen atoms in total. The van der Waals surface area contributed by atoms with Crippen LogP contribution in [0.3, 0.4) is 0 Å². The number of alkyl halides is 3. The topological polar surface area (TPSA) is 109 Å². The molecule has 2 aliphatic rings. The predicted molar refractivity (Wildman–Crippen MR) is 105 cm³/mol. The number of rotatable bonds is 6. The molecule has 0 amide bonds. The van der Waals surface area contributed by atoms with Crippen molar-refractivity contribution in [2.24, 2.45) is 7.05 Å². The fraction of sp³-hybridized carbons (Fsp3) is 0.400. The van der Waals surface area contributed by atoms with Gasteiger partial charge in [0.25, 0.3) is 5.56 Å². The van der Waals surface area contributed by atoms with E-state index in [2.05, 4.69) is 0 Å². The maximum Gasteiger partial charge on any atom is 0.431 e. The molecule has 14 heteroatoms. The lowest BCUT2D eigenvalue weighted by Gasteiger charge is -2.17. The lowest BCUT2D eigenvalue weighted by Crippen LogP contribution is -2.41. The van der Waals surface area contributed by atoms with E-state index in [9.17, 15) is 36.7 Å². The van der Waals surface area contributed by atoms with E-state index in [1.54, 1.807) is 0 Å². The van der Waals surface area contributed by atoms with E-state index >= 15 is 0 Å². The lowest BCUT2D eigenvalue weighted by atomic mass is 10.1. The van der Waals surface area contributed by atoms with Crippen LogP contribution in [0.2, 0.25) is 5.02 Å². The molecule has 4 rings (SSSR count). The Morgan fingerprint density at radius 1 is 1.24 bits per heavy atom.